The van der Waals surface area contributed by atoms with Crippen LogP contribution in [0.2, 0.25) is 0 Å². The van der Waals surface area contributed by atoms with Crippen molar-refractivity contribution < 1.29 is 9.47 Å². The maximum atomic E-state index is 5.47. The van der Waals surface area contributed by atoms with Crippen molar-refractivity contribution in [2.45, 2.75) is 50.1 Å². The number of hydrogen-bond acceptors (Lipinski definition) is 2. The third-order valence-electron chi connectivity index (χ3n) is 2.79. The molecule has 2 nitrogen and oxygen atoms in total. The lowest BCUT2D eigenvalue weighted by Gasteiger charge is -1.98. The van der Waals surface area contributed by atoms with E-state index in [9.17, 15) is 0 Å². The normalized spacial score (nSPS) is 57.6. The molecule has 0 N–H and O–H groups in total. The van der Waals surface area contributed by atoms with Crippen molar-refractivity contribution in [3.63, 3.8) is 0 Å². The van der Waals surface area contributed by atoms with E-state index < -0.39 is 0 Å². The molecule has 4 unspecified atom stereocenters. The van der Waals surface area contributed by atoms with Gasteiger partial charge in [-0.15, -0.1) is 0 Å². The Kier molecular flexibility index (Phi) is 0.968. The maximum absolute atomic E-state index is 5.47. The average molecular weight is 140 g/mol. The van der Waals surface area contributed by atoms with E-state index in [0.717, 1.165) is 0 Å². The van der Waals surface area contributed by atoms with Gasteiger partial charge in [-0.2, -0.15) is 0 Å². The fraction of sp³-hybridized carbons (Fsp3) is 1.00. The molecule has 2 heterocycles. The number of rotatable bonds is 0. The third-order valence-corrected chi connectivity index (χ3v) is 2.79. The van der Waals surface area contributed by atoms with Gasteiger partial charge in [-0.25, -0.2) is 0 Å². The number of hydrogen-bond donors (Lipinski definition) is 0. The van der Waals surface area contributed by atoms with E-state index >= 15 is 0 Å². The van der Waals surface area contributed by atoms with Crippen LogP contribution in [0.1, 0.15) is 25.7 Å². The summed E-state index contributed by atoms with van der Waals surface area (Å²) in [6, 6.07) is 0. The first-order valence-electron chi connectivity index (χ1n) is 4.26. The van der Waals surface area contributed by atoms with Crippen LogP contribution in [-0.4, -0.2) is 24.4 Å². The zero-order valence-corrected chi connectivity index (χ0v) is 5.95. The molecule has 0 radical (unpaired) electrons. The molecule has 3 rings (SSSR count). The van der Waals surface area contributed by atoms with Gasteiger partial charge in [0.05, 0.1) is 12.2 Å². The van der Waals surface area contributed by atoms with Crippen molar-refractivity contribution in [2.24, 2.45) is 0 Å². The van der Waals surface area contributed by atoms with Crippen molar-refractivity contribution in [3.8, 4) is 0 Å². The minimum absolute atomic E-state index is 0.505. The van der Waals surface area contributed by atoms with Crippen LogP contribution < -0.4 is 0 Å². The summed E-state index contributed by atoms with van der Waals surface area (Å²) in [5.41, 5.74) is 0. The summed E-state index contributed by atoms with van der Waals surface area (Å²) in [5, 5.41) is 0. The van der Waals surface area contributed by atoms with Crippen LogP contribution in [-0.2, 0) is 9.47 Å². The summed E-state index contributed by atoms with van der Waals surface area (Å²) in [6.07, 6.45) is 7.40. The van der Waals surface area contributed by atoms with Crippen LogP contribution in [0, 0.1) is 0 Å². The van der Waals surface area contributed by atoms with Crippen LogP contribution in [0.3, 0.4) is 0 Å². The van der Waals surface area contributed by atoms with Gasteiger partial charge in [-0.3, -0.25) is 0 Å². The summed E-state index contributed by atoms with van der Waals surface area (Å²) in [7, 11) is 0. The van der Waals surface area contributed by atoms with Crippen LogP contribution >= 0.6 is 0 Å². The molecular formula is C8H12O2. The zero-order chi connectivity index (χ0) is 6.55. The van der Waals surface area contributed by atoms with E-state index in [1.165, 1.54) is 25.7 Å². The quantitative estimate of drug-likeness (QED) is 0.471. The highest BCUT2D eigenvalue weighted by molar-refractivity contribution is 5.03. The van der Waals surface area contributed by atoms with Gasteiger partial charge in [-0.05, 0) is 12.8 Å². The Morgan fingerprint density at radius 3 is 1.80 bits per heavy atom. The van der Waals surface area contributed by atoms with Gasteiger partial charge in [-0.1, -0.05) is 12.8 Å². The van der Waals surface area contributed by atoms with Gasteiger partial charge in [0.2, 0.25) is 0 Å². The summed E-state index contributed by atoms with van der Waals surface area (Å²) < 4.78 is 10.9. The first-order valence-corrected chi connectivity index (χ1v) is 4.26. The van der Waals surface area contributed by atoms with Gasteiger partial charge in [0.15, 0.2) is 0 Å². The third kappa shape index (κ3) is 0.722. The van der Waals surface area contributed by atoms with Gasteiger partial charge < -0.3 is 9.47 Å². The summed E-state index contributed by atoms with van der Waals surface area (Å²) in [4.78, 5) is 0. The Morgan fingerprint density at radius 1 is 0.800 bits per heavy atom. The predicted octanol–water partition coefficient (Wildman–Crippen LogP) is 1.10. The highest BCUT2D eigenvalue weighted by atomic mass is 16.7. The first kappa shape index (κ1) is 5.56. The number of epoxide rings is 2. The molecule has 0 spiro atoms. The first-order chi connectivity index (χ1) is 4.95. The maximum Gasteiger partial charge on any atom is 0.113 e. The zero-order valence-electron chi connectivity index (χ0n) is 5.95. The lowest BCUT2D eigenvalue weighted by Crippen LogP contribution is -2.08. The molecule has 0 aromatic rings. The second-order valence-electron chi connectivity index (χ2n) is 3.56. The summed E-state index contributed by atoms with van der Waals surface area (Å²) >= 11 is 0. The fourth-order valence-corrected chi connectivity index (χ4v) is 2.05. The van der Waals surface area contributed by atoms with Crippen molar-refractivity contribution in [1.82, 2.24) is 0 Å². The van der Waals surface area contributed by atoms with Gasteiger partial charge in [0.25, 0.3) is 0 Å². The summed E-state index contributed by atoms with van der Waals surface area (Å²) in [6.45, 7) is 0. The fourth-order valence-electron chi connectivity index (χ4n) is 2.05. The van der Waals surface area contributed by atoms with Crippen molar-refractivity contribution in [2.75, 3.05) is 0 Å². The molecule has 1 aliphatic carbocycles. The molecule has 0 aromatic heterocycles. The molecule has 0 aromatic carbocycles. The van der Waals surface area contributed by atoms with Crippen molar-refractivity contribution in [3.05, 3.63) is 0 Å². The molecule has 2 saturated heterocycles. The molecule has 3 aliphatic rings. The second kappa shape index (κ2) is 1.74. The number of ether oxygens (including phenoxy) is 2. The highest BCUT2D eigenvalue weighted by Gasteiger charge is 2.57. The minimum atomic E-state index is 0.505. The standard InChI is InChI=1S/C8H12O2/c1-2-4-6-8(10-6)7-5(3-1)9-7/h5-8H,1-4H2. The van der Waals surface area contributed by atoms with E-state index in [0.29, 0.717) is 24.4 Å². The van der Waals surface area contributed by atoms with Crippen molar-refractivity contribution in [1.29, 1.82) is 0 Å². The Bertz CT molecular complexity index is 139. The van der Waals surface area contributed by atoms with E-state index in [-0.39, 0.29) is 0 Å². The molecule has 10 heavy (non-hydrogen) atoms. The molecule has 2 heteroatoms. The molecule has 0 amide bonds. The highest BCUT2D eigenvalue weighted by Crippen LogP contribution is 2.44. The molecular weight excluding hydrogens is 128 g/mol. The SMILES string of the molecule is C1CCC2OC2C2OC2C1. The van der Waals surface area contributed by atoms with Crippen LogP contribution in [0.15, 0.2) is 0 Å². The molecule has 0 bridgehead atoms. The van der Waals surface area contributed by atoms with Crippen LogP contribution in [0.25, 0.3) is 0 Å². The van der Waals surface area contributed by atoms with Crippen molar-refractivity contribution >= 4 is 0 Å². The Morgan fingerprint density at radius 2 is 1.30 bits per heavy atom. The van der Waals surface area contributed by atoms with Gasteiger partial charge in [0, 0.05) is 0 Å². The van der Waals surface area contributed by atoms with Crippen LogP contribution in [0.5, 0.6) is 0 Å². The largest absolute Gasteiger partial charge is 0.367 e. The average Bonchev–Trinajstić information content (AvgIpc) is 2.68. The minimum Gasteiger partial charge on any atom is -0.367 e. The van der Waals surface area contributed by atoms with Gasteiger partial charge >= 0.3 is 0 Å². The second-order valence-corrected chi connectivity index (χ2v) is 3.56. The lowest BCUT2D eigenvalue weighted by atomic mass is 10.0. The Hall–Kier alpha value is -0.0800. The van der Waals surface area contributed by atoms with E-state index in [4.69, 9.17) is 9.47 Å². The van der Waals surface area contributed by atoms with Crippen LogP contribution in [0.4, 0.5) is 0 Å². The smallest absolute Gasteiger partial charge is 0.113 e. The monoisotopic (exact) mass is 140 g/mol. The lowest BCUT2D eigenvalue weighted by molar-refractivity contribution is 0.297. The van der Waals surface area contributed by atoms with E-state index in [2.05, 4.69) is 0 Å². The van der Waals surface area contributed by atoms with Gasteiger partial charge in [0.1, 0.15) is 12.2 Å². The number of fused-ring (bicyclic) bond motifs is 3. The molecule has 4 atom stereocenters. The molecule has 2 aliphatic heterocycles. The molecule has 3 fully saturated rings. The summed E-state index contributed by atoms with van der Waals surface area (Å²) in [5.74, 6) is 0. The Labute approximate surface area is 60.5 Å². The molecule has 56 valence electrons. The Balaban J connectivity index is 1.72. The topological polar surface area (TPSA) is 25.1 Å². The van der Waals surface area contributed by atoms with E-state index in [1.807, 2.05) is 0 Å². The molecule has 1 saturated carbocycles. The van der Waals surface area contributed by atoms with E-state index in [1.54, 1.807) is 0 Å². The predicted molar refractivity (Wildman–Crippen MR) is 35.8 cm³/mol.